The number of ether oxygens (including phenoxy) is 3. The number of methoxy groups -OCH3 is 2. The minimum absolute atomic E-state index is 0.0613. The smallest absolute Gasteiger partial charge is 0.348 e. The molecule has 2 N–H and O–H groups in total. The van der Waals surface area contributed by atoms with E-state index >= 15 is 0 Å². The van der Waals surface area contributed by atoms with Gasteiger partial charge < -0.3 is 24.6 Å². The van der Waals surface area contributed by atoms with E-state index in [4.69, 9.17) is 37.4 Å². The van der Waals surface area contributed by atoms with Crippen molar-refractivity contribution >= 4 is 46.2 Å². The van der Waals surface area contributed by atoms with Gasteiger partial charge >= 0.3 is 5.97 Å². The fourth-order valence-corrected chi connectivity index (χ4v) is 5.23. The Bertz CT molecular complexity index is 1390. The summed E-state index contributed by atoms with van der Waals surface area (Å²) < 4.78 is 16.8. The fraction of sp³-hybridized carbons (Fsp3) is 0.214. The first kappa shape index (κ1) is 27.7. The van der Waals surface area contributed by atoms with E-state index in [1.54, 1.807) is 32.4 Å². The Morgan fingerprint density at radius 1 is 1.03 bits per heavy atom. The van der Waals surface area contributed by atoms with Crippen LogP contribution in [0.1, 0.15) is 37.3 Å². The van der Waals surface area contributed by atoms with E-state index in [1.807, 2.05) is 36.4 Å². The zero-order chi connectivity index (χ0) is 27.1. The van der Waals surface area contributed by atoms with Crippen molar-refractivity contribution in [1.82, 2.24) is 4.98 Å². The number of halogens is 2. The fourth-order valence-electron chi connectivity index (χ4n) is 3.88. The van der Waals surface area contributed by atoms with Gasteiger partial charge in [0.05, 0.1) is 30.9 Å². The van der Waals surface area contributed by atoms with E-state index in [2.05, 4.69) is 10.3 Å². The number of carbonyl (C=O) groups is 1. The monoisotopic (exact) mass is 572 g/mol. The lowest BCUT2D eigenvalue weighted by atomic mass is 10.0. The van der Waals surface area contributed by atoms with Crippen molar-refractivity contribution in [2.24, 2.45) is 0 Å². The molecule has 0 aliphatic rings. The summed E-state index contributed by atoms with van der Waals surface area (Å²) in [5, 5.41) is 13.6. The molecule has 198 valence electrons. The molecule has 2 aromatic heterocycles. The number of nitrogens with one attached hydrogen (secondary N) is 1. The van der Waals surface area contributed by atoms with Crippen molar-refractivity contribution in [3.05, 3.63) is 103 Å². The highest BCUT2D eigenvalue weighted by Gasteiger charge is 2.24. The first-order chi connectivity index (χ1) is 18.4. The van der Waals surface area contributed by atoms with Gasteiger partial charge in [0.15, 0.2) is 11.5 Å². The molecule has 4 aromatic rings. The molecule has 0 saturated heterocycles. The normalized spacial score (nSPS) is 11.6. The molecule has 0 fully saturated rings. The maximum Gasteiger partial charge on any atom is 0.348 e. The highest BCUT2D eigenvalue weighted by molar-refractivity contribution is 7.13. The van der Waals surface area contributed by atoms with Crippen LogP contribution in [0.15, 0.2) is 67.0 Å². The van der Waals surface area contributed by atoms with Crippen molar-refractivity contribution in [1.29, 1.82) is 0 Å². The third kappa shape index (κ3) is 6.57. The number of rotatable bonds is 11. The highest BCUT2D eigenvalue weighted by Crippen LogP contribution is 2.36. The van der Waals surface area contributed by atoms with Crippen molar-refractivity contribution in [3.8, 4) is 11.5 Å². The summed E-state index contributed by atoms with van der Waals surface area (Å²) in [4.78, 5) is 18.7. The van der Waals surface area contributed by atoms with Crippen molar-refractivity contribution in [3.63, 3.8) is 0 Å². The zero-order valence-corrected chi connectivity index (χ0v) is 23.1. The van der Waals surface area contributed by atoms with E-state index in [-0.39, 0.29) is 13.0 Å². The first-order valence-corrected chi connectivity index (χ1v) is 13.2. The van der Waals surface area contributed by atoms with E-state index in [0.29, 0.717) is 44.1 Å². The number of aliphatic hydroxyl groups is 1. The molecular weight excluding hydrogens is 547 g/mol. The lowest BCUT2D eigenvalue weighted by molar-refractivity contribution is 0.0303. The Labute approximate surface area is 234 Å². The number of anilines is 1. The van der Waals surface area contributed by atoms with E-state index in [1.165, 1.54) is 23.7 Å². The molecule has 38 heavy (non-hydrogen) atoms. The average molecular weight is 573 g/mol. The Balaban J connectivity index is 1.55. The number of nitrogens with zero attached hydrogens (tertiary/aromatic N) is 1. The van der Waals surface area contributed by atoms with Gasteiger partial charge in [0.25, 0.3) is 0 Å². The molecule has 7 nitrogen and oxygen atoms in total. The first-order valence-electron chi connectivity index (χ1n) is 11.7. The second kappa shape index (κ2) is 13.0. The number of para-hydroxylation sites is 1. The number of aliphatic hydroxyl groups excluding tert-OH is 1. The lowest BCUT2D eigenvalue weighted by Crippen LogP contribution is -2.14. The molecule has 0 saturated carbocycles. The Kier molecular flexibility index (Phi) is 9.47. The van der Waals surface area contributed by atoms with E-state index < -0.39 is 12.1 Å². The summed E-state index contributed by atoms with van der Waals surface area (Å²) in [6.45, 7) is 0.435. The number of carbonyl (C=O) groups excluding carboxylic acids is 1. The standard InChI is InChI=1S/C28H26Cl2N2O5S/c1-35-24-9-7-17(11-26(24)36-2)25(12-20-21(29)14-31-15-22(20)30)37-28(34)27-10-8-19(38-27)13-32-23-6-4-3-5-18(23)16-33/h3-11,14-15,25,32-33H,12-13,16H2,1-2H3/t25-/m0/s1. The van der Waals surface area contributed by atoms with Gasteiger partial charge in [-0.25, -0.2) is 4.79 Å². The number of hydrogen-bond acceptors (Lipinski definition) is 8. The zero-order valence-electron chi connectivity index (χ0n) is 20.7. The number of benzene rings is 2. The van der Waals surface area contributed by atoms with Crippen LogP contribution in [0.5, 0.6) is 11.5 Å². The van der Waals surface area contributed by atoms with Gasteiger partial charge in [-0.15, -0.1) is 11.3 Å². The van der Waals surface area contributed by atoms with Gasteiger partial charge in [0.1, 0.15) is 11.0 Å². The highest BCUT2D eigenvalue weighted by atomic mass is 35.5. The van der Waals surface area contributed by atoms with Gasteiger partial charge in [-0.3, -0.25) is 4.98 Å². The van der Waals surface area contributed by atoms with Crippen LogP contribution in [0, 0.1) is 0 Å². The summed E-state index contributed by atoms with van der Waals surface area (Å²) >= 11 is 14.1. The average Bonchev–Trinajstić information content (AvgIpc) is 3.42. The maximum absolute atomic E-state index is 13.3. The Morgan fingerprint density at radius 2 is 1.76 bits per heavy atom. The van der Waals surface area contributed by atoms with Crippen molar-refractivity contribution in [2.45, 2.75) is 25.7 Å². The molecule has 2 aromatic carbocycles. The summed E-state index contributed by atoms with van der Waals surface area (Å²) in [6, 6.07) is 16.5. The second-order valence-electron chi connectivity index (χ2n) is 8.23. The van der Waals surface area contributed by atoms with Crippen LogP contribution in [-0.2, 0) is 24.3 Å². The number of thiophene rings is 1. The quantitative estimate of drug-likeness (QED) is 0.193. The van der Waals surface area contributed by atoms with Crippen LogP contribution in [0.3, 0.4) is 0 Å². The summed E-state index contributed by atoms with van der Waals surface area (Å²) in [5.41, 5.74) is 2.95. The summed E-state index contributed by atoms with van der Waals surface area (Å²) in [7, 11) is 3.09. The molecule has 4 rings (SSSR count). The molecule has 2 heterocycles. The number of hydrogen-bond donors (Lipinski definition) is 2. The van der Waals surface area contributed by atoms with Crippen LogP contribution < -0.4 is 14.8 Å². The number of esters is 1. The lowest BCUT2D eigenvalue weighted by Gasteiger charge is -2.20. The minimum Gasteiger partial charge on any atom is -0.493 e. The molecule has 1 atom stereocenters. The minimum atomic E-state index is -0.709. The van der Waals surface area contributed by atoms with Crippen LogP contribution in [-0.4, -0.2) is 30.3 Å². The molecule has 10 heteroatoms. The molecule has 0 spiro atoms. The Morgan fingerprint density at radius 3 is 2.47 bits per heavy atom. The predicted molar refractivity (Wildman–Crippen MR) is 150 cm³/mol. The predicted octanol–water partition coefficient (Wildman–Crippen LogP) is 6.71. The number of aromatic nitrogens is 1. The van der Waals surface area contributed by atoms with Crippen LogP contribution in [0.2, 0.25) is 10.0 Å². The molecule has 0 aliphatic heterocycles. The second-order valence-corrected chi connectivity index (χ2v) is 10.2. The van der Waals surface area contributed by atoms with Crippen molar-refractivity contribution < 1.29 is 24.1 Å². The molecular formula is C28H26Cl2N2O5S. The van der Waals surface area contributed by atoms with Crippen LogP contribution >= 0.6 is 34.5 Å². The molecule has 0 radical (unpaired) electrons. The maximum atomic E-state index is 13.3. The van der Waals surface area contributed by atoms with Gasteiger partial charge in [0, 0.05) is 41.5 Å². The largest absolute Gasteiger partial charge is 0.493 e. The Hall–Kier alpha value is -3.30. The van der Waals surface area contributed by atoms with Crippen LogP contribution in [0.4, 0.5) is 5.69 Å². The number of pyridine rings is 1. The SMILES string of the molecule is COc1ccc([C@H](Cc2c(Cl)cncc2Cl)OC(=O)c2ccc(CNc3ccccc3CO)s2)cc1OC. The van der Waals surface area contributed by atoms with Crippen molar-refractivity contribution in [2.75, 3.05) is 19.5 Å². The van der Waals surface area contributed by atoms with Gasteiger partial charge in [-0.05, 0) is 41.5 Å². The van der Waals surface area contributed by atoms with E-state index in [0.717, 1.165) is 16.1 Å². The molecule has 0 unspecified atom stereocenters. The van der Waals surface area contributed by atoms with E-state index in [9.17, 15) is 9.90 Å². The summed E-state index contributed by atoms with van der Waals surface area (Å²) in [6.07, 6.45) is 2.53. The molecule has 0 bridgehead atoms. The molecule has 0 aliphatic carbocycles. The van der Waals surface area contributed by atoms with Gasteiger partial charge in [-0.1, -0.05) is 47.5 Å². The third-order valence-electron chi connectivity index (χ3n) is 5.87. The van der Waals surface area contributed by atoms with Crippen LogP contribution in [0.25, 0.3) is 0 Å². The topological polar surface area (TPSA) is 89.9 Å². The van der Waals surface area contributed by atoms with Gasteiger partial charge in [0.2, 0.25) is 0 Å². The summed E-state index contributed by atoms with van der Waals surface area (Å²) in [5.74, 6) is 0.586. The molecule has 0 amide bonds. The van der Waals surface area contributed by atoms with Gasteiger partial charge in [-0.2, -0.15) is 0 Å². The third-order valence-corrected chi connectivity index (χ3v) is 7.59.